The molecule has 1 fully saturated rings. The van der Waals surface area contributed by atoms with Crippen molar-refractivity contribution in [1.29, 1.82) is 0 Å². The van der Waals surface area contributed by atoms with Gasteiger partial charge in [0.2, 0.25) is 0 Å². The molecule has 1 amide bonds. The molecule has 1 unspecified atom stereocenters. The van der Waals surface area contributed by atoms with Crippen LogP contribution in [0.4, 0.5) is 5.69 Å². The number of hydrogen-bond acceptors (Lipinski definition) is 5. The van der Waals surface area contributed by atoms with Crippen molar-refractivity contribution in [1.82, 2.24) is 0 Å². The fourth-order valence-corrected chi connectivity index (χ4v) is 4.30. The number of amides is 1. The number of hydrogen-bond donors (Lipinski definition) is 1. The van der Waals surface area contributed by atoms with Gasteiger partial charge < -0.3 is 14.6 Å². The van der Waals surface area contributed by atoms with E-state index in [1.807, 2.05) is 64.1 Å². The Morgan fingerprint density at radius 1 is 0.886 bits per heavy atom. The van der Waals surface area contributed by atoms with Gasteiger partial charge in [0.05, 0.1) is 24.8 Å². The Kier molecular flexibility index (Phi) is 6.92. The average Bonchev–Trinajstić information content (AvgIpc) is 3.11. The van der Waals surface area contributed by atoms with Crippen LogP contribution in [0.25, 0.3) is 5.76 Å². The number of ketones is 1. The van der Waals surface area contributed by atoms with Gasteiger partial charge in [-0.3, -0.25) is 14.5 Å². The number of carbonyl (C=O) groups is 2. The number of ether oxygens (including phenoxy) is 2. The molecule has 1 atom stereocenters. The lowest BCUT2D eigenvalue weighted by Gasteiger charge is -2.25. The van der Waals surface area contributed by atoms with E-state index in [0.29, 0.717) is 41.5 Å². The minimum absolute atomic E-state index is 0.0447. The quantitative estimate of drug-likeness (QED) is 0.271. The summed E-state index contributed by atoms with van der Waals surface area (Å²) in [5.41, 5.74) is 3.62. The van der Waals surface area contributed by atoms with Crippen LogP contribution in [0.3, 0.4) is 0 Å². The predicted molar refractivity (Wildman–Crippen MR) is 136 cm³/mol. The molecule has 0 spiro atoms. The van der Waals surface area contributed by atoms with Crippen molar-refractivity contribution < 1.29 is 24.2 Å². The van der Waals surface area contributed by atoms with Gasteiger partial charge in [0.25, 0.3) is 11.7 Å². The molecule has 1 aliphatic rings. The monoisotopic (exact) mass is 471 g/mol. The maximum atomic E-state index is 13.3. The van der Waals surface area contributed by atoms with Gasteiger partial charge in [-0.15, -0.1) is 0 Å². The number of benzene rings is 3. The van der Waals surface area contributed by atoms with Gasteiger partial charge in [-0.25, -0.2) is 0 Å². The van der Waals surface area contributed by atoms with E-state index in [0.717, 1.165) is 11.1 Å². The van der Waals surface area contributed by atoms with E-state index in [-0.39, 0.29) is 11.3 Å². The van der Waals surface area contributed by atoms with Crippen molar-refractivity contribution >= 4 is 23.1 Å². The fraction of sp³-hybridized carbons (Fsp3) is 0.241. The lowest BCUT2D eigenvalue weighted by Crippen LogP contribution is -2.29. The topological polar surface area (TPSA) is 76.1 Å². The standard InChI is InChI=1S/C29H29NO5/c1-5-34-23-14-9-20(10-15-23)26-25(27(31)21-11-16-24(35-6-2)19(4)17-21)28(32)29(33)30(26)22-12-7-18(3)8-13-22/h7-17,26,31H,5-6H2,1-4H3/b27-25-. The molecule has 6 nitrogen and oxygen atoms in total. The molecule has 1 N–H and O–H groups in total. The molecule has 3 aromatic rings. The summed E-state index contributed by atoms with van der Waals surface area (Å²) in [5.74, 6) is -0.244. The van der Waals surface area contributed by atoms with Crippen LogP contribution in [0.15, 0.2) is 72.3 Å². The first-order valence-electron chi connectivity index (χ1n) is 11.7. The van der Waals surface area contributed by atoms with Crippen LogP contribution >= 0.6 is 0 Å². The predicted octanol–water partition coefficient (Wildman–Crippen LogP) is 5.73. The molecule has 6 heteroatoms. The molecule has 1 saturated heterocycles. The normalized spacial score (nSPS) is 17.0. The smallest absolute Gasteiger partial charge is 0.300 e. The first-order chi connectivity index (χ1) is 16.8. The summed E-state index contributed by atoms with van der Waals surface area (Å²) in [7, 11) is 0. The Hall–Kier alpha value is -4.06. The van der Waals surface area contributed by atoms with Crippen molar-refractivity contribution in [2.45, 2.75) is 33.7 Å². The highest BCUT2D eigenvalue weighted by atomic mass is 16.5. The van der Waals surface area contributed by atoms with Crippen LogP contribution < -0.4 is 14.4 Å². The maximum Gasteiger partial charge on any atom is 0.300 e. The molecule has 0 radical (unpaired) electrons. The second kappa shape index (κ2) is 10.1. The van der Waals surface area contributed by atoms with Crippen LogP contribution in [0.1, 0.15) is 42.1 Å². The molecule has 35 heavy (non-hydrogen) atoms. The summed E-state index contributed by atoms with van der Waals surface area (Å²) < 4.78 is 11.2. The van der Waals surface area contributed by atoms with Crippen molar-refractivity contribution in [3.8, 4) is 11.5 Å². The minimum atomic E-state index is -0.791. The van der Waals surface area contributed by atoms with Crippen molar-refractivity contribution in [3.05, 3.63) is 94.6 Å². The van der Waals surface area contributed by atoms with Gasteiger partial charge in [-0.05, 0) is 81.3 Å². The van der Waals surface area contributed by atoms with Crippen molar-refractivity contribution in [2.24, 2.45) is 0 Å². The number of anilines is 1. The first-order valence-corrected chi connectivity index (χ1v) is 11.7. The molecule has 0 bridgehead atoms. The van der Waals surface area contributed by atoms with E-state index in [1.54, 1.807) is 30.3 Å². The number of rotatable bonds is 7. The van der Waals surface area contributed by atoms with E-state index in [4.69, 9.17) is 9.47 Å². The van der Waals surface area contributed by atoms with Gasteiger partial charge in [0, 0.05) is 11.3 Å². The summed E-state index contributed by atoms with van der Waals surface area (Å²) in [6.45, 7) is 8.67. The molecule has 180 valence electrons. The summed E-state index contributed by atoms with van der Waals surface area (Å²) in [5, 5.41) is 11.3. The molecule has 4 rings (SSSR count). The zero-order valence-corrected chi connectivity index (χ0v) is 20.4. The first kappa shape index (κ1) is 24.1. The summed E-state index contributed by atoms with van der Waals surface area (Å²) in [6.07, 6.45) is 0. The SMILES string of the molecule is CCOc1ccc(C2/C(=C(/O)c3ccc(OCC)c(C)c3)C(=O)C(=O)N2c2ccc(C)cc2)cc1. The lowest BCUT2D eigenvalue weighted by atomic mass is 9.94. The van der Waals surface area contributed by atoms with E-state index >= 15 is 0 Å². The number of Topliss-reactive ketones (excluding diaryl/α,β-unsaturated/α-hetero) is 1. The third-order valence-corrected chi connectivity index (χ3v) is 6.01. The molecule has 1 heterocycles. The Balaban J connectivity index is 1.88. The molecule has 1 aliphatic heterocycles. The van der Waals surface area contributed by atoms with Crippen molar-refractivity contribution in [2.75, 3.05) is 18.1 Å². The zero-order valence-electron chi connectivity index (χ0n) is 20.4. The fourth-order valence-electron chi connectivity index (χ4n) is 4.30. The second-order valence-electron chi connectivity index (χ2n) is 8.42. The van der Waals surface area contributed by atoms with Gasteiger partial charge in [0.1, 0.15) is 17.3 Å². The van der Waals surface area contributed by atoms with E-state index in [1.165, 1.54) is 4.90 Å². The largest absolute Gasteiger partial charge is 0.507 e. The van der Waals surface area contributed by atoms with Crippen LogP contribution in [0.5, 0.6) is 11.5 Å². The summed E-state index contributed by atoms with van der Waals surface area (Å²) in [4.78, 5) is 28.1. The Bertz CT molecular complexity index is 1280. The average molecular weight is 472 g/mol. The van der Waals surface area contributed by atoms with E-state index in [2.05, 4.69) is 0 Å². The third-order valence-electron chi connectivity index (χ3n) is 6.01. The molecular weight excluding hydrogens is 442 g/mol. The highest BCUT2D eigenvalue weighted by Crippen LogP contribution is 2.42. The third kappa shape index (κ3) is 4.64. The Morgan fingerprint density at radius 2 is 1.54 bits per heavy atom. The molecular formula is C29H29NO5. The van der Waals surface area contributed by atoms with Gasteiger partial charge in [-0.1, -0.05) is 29.8 Å². The Labute approximate surface area is 205 Å². The highest BCUT2D eigenvalue weighted by Gasteiger charge is 2.47. The highest BCUT2D eigenvalue weighted by molar-refractivity contribution is 6.51. The van der Waals surface area contributed by atoms with Gasteiger partial charge in [-0.2, -0.15) is 0 Å². The minimum Gasteiger partial charge on any atom is -0.507 e. The lowest BCUT2D eigenvalue weighted by molar-refractivity contribution is -0.132. The van der Waals surface area contributed by atoms with E-state index in [9.17, 15) is 14.7 Å². The molecule has 0 aromatic heterocycles. The number of aryl methyl sites for hydroxylation is 2. The number of aliphatic hydroxyl groups excluding tert-OH is 1. The second-order valence-corrected chi connectivity index (χ2v) is 8.42. The van der Waals surface area contributed by atoms with Gasteiger partial charge >= 0.3 is 0 Å². The van der Waals surface area contributed by atoms with Gasteiger partial charge in [0.15, 0.2) is 0 Å². The summed E-state index contributed by atoms with van der Waals surface area (Å²) >= 11 is 0. The molecule has 0 aliphatic carbocycles. The number of aliphatic hydroxyl groups is 1. The van der Waals surface area contributed by atoms with Crippen LogP contribution in [0, 0.1) is 13.8 Å². The van der Waals surface area contributed by atoms with Crippen LogP contribution in [0.2, 0.25) is 0 Å². The summed E-state index contributed by atoms with van der Waals surface area (Å²) in [6, 6.07) is 19.1. The van der Waals surface area contributed by atoms with Crippen LogP contribution in [-0.2, 0) is 9.59 Å². The zero-order chi connectivity index (χ0) is 25.1. The van der Waals surface area contributed by atoms with Crippen molar-refractivity contribution in [3.63, 3.8) is 0 Å². The Morgan fingerprint density at radius 3 is 2.14 bits per heavy atom. The molecule has 0 saturated carbocycles. The van der Waals surface area contributed by atoms with Crippen LogP contribution in [-0.4, -0.2) is 30.0 Å². The van der Waals surface area contributed by atoms with E-state index < -0.39 is 17.7 Å². The number of carbonyl (C=O) groups excluding carboxylic acids is 2. The molecule has 3 aromatic carbocycles. The number of nitrogens with zero attached hydrogens (tertiary/aromatic N) is 1. The maximum absolute atomic E-state index is 13.3.